The first-order valence-corrected chi connectivity index (χ1v) is 11.2. The summed E-state index contributed by atoms with van der Waals surface area (Å²) < 4.78 is 0.745. The molecule has 1 saturated carbocycles. The van der Waals surface area contributed by atoms with E-state index in [2.05, 4.69) is 47.1 Å². The Morgan fingerprint density at radius 1 is 1.53 bits per heavy atom. The zero-order valence-corrected chi connectivity index (χ0v) is 14.5. The van der Waals surface area contributed by atoms with Crippen LogP contribution in [0.2, 0.25) is 25.7 Å². The minimum atomic E-state index is -1.10. The molecule has 1 fully saturated rings. The average molecular weight is 340 g/mol. The average Bonchev–Trinajstić information content (AvgIpc) is 2.98. The molecule has 0 spiro atoms. The zero-order valence-electron chi connectivity index (χ0n) is 11.9. The zero-order chi connectivity index (χ0) is 14.3. The number of rotatable bonds is 5. The van der Waals surface area contributed by atoms with Crippen LogP contribution in [0.15, 0.2) is 35.1 Å². The van der Waals surface area contributed by atoms with Crippen molar-refractivity contribution >= 4 is 24.0 Å². The monoisotopic (exact) mass is 339 g/mol. The third-order valence-electron chi connectivity index (χ3n) is 4.04. The van der Waals surface area contributed by atoms with Gasteiger partial charge in [0.25, 0.3) is 0 Å². The molecule has 0 amide bonds. The molecule has 1 aliphatic carbocycles. The van der Waals surface area contributed by atoms with Gasteiger partial charge in [-0.15, -0.1) is 0 Å². The van der Waals surface area contributed by atoms with E-state index in [0.717, 1.165) is 23.0 Å². The summed E-state index contributed by atoms with van der Waals surface area (Å²) in [6.45, 7) is 11.2. The van der Waals surface area contributed by atoms with Crippen LogP contribution in [0.25, 0.3) is 0 Å². The van der Waals surface area contributed by atoms with Crippen LogP contribution >= 0.6 is 15.9 Å². The van der Waals surface area contributed by atoms with Gasteiger partial charge in [-0.3, -0.25) is 0 Å². The number of hydrogen-bond acceptors (Lipinski definition) is 2. The van der Waals surface area contributed by atoms with E-state index in [1.54, 1.807) is 6.20 Å². The van der Waals surface area contributed by atoms with Gasteiger partial charge in [-0.1, -0.05) is 43.9 Å². The number of halogens is 1. The summed E-state index contributed by atoms with van der Waals surface area (Å²) >= 11 is 3.44. The van der Waals surface area contributed by atoms with Gasteiger partial charge in [-0.05, 0) is 34.8 Å². The molecule has 1 aromatic rings. The largest absolute Gasteiger partial charge is 0.387 e. The molecule has 0 aliphatic heterocycles. The van der Waals surface area contributed by atoms with Gasteiger partial charge in [-0.25, -0.2) is 4.98 Å². The van der Waals surface area contributed by atoms with Crippen molar-refractivity contribution < 1.29 is 5.11 Å². The molecule has 0 radical (unpaired) electrons. The van der Waals surface area contributed by atoms with Gasteiger partial charge >= 0.3 is 0 Å². The molecular weight excluding hydrogens is 318 g/mol. The highest BCUT2D eigenvalue weighted by Crippen LogP contribution is 2.62. The molecule has 2 nitrogen and oxygen atoms in total. The Morgan fingerprint density at radius 3 is 2.63 bits per heavy atom. The van der Waals surface area contributed by atoms with Crippen molar-refractivity contribution in [3.63, 3.8) is 0 Å². The molecule has 1 N–H and O–H groups in total. The van der Waals surface area contributed by atoms with Crippen LogP contribution in [0.5, 0.6) is 0 Å². The van der Waals surface area contributed by atoms with Crippen molar-refractivity contribution in [1.29, 1.82) is 0 Å². The first kappa shape index (κ1) is 14.9. The Labute approximate surface area is 125 Å². The van der Waals surface area contributed by atoms with Crippen molar-refractivity contribution in [2.45, 2.75) is 44.6 Å². The maximum Gasteiger partial charge on any atom is 0.111 e. The topological polar surface area (TPSA) is 33.1 Å². The van der Waals surface area contributed by atoms with Crippen LogP contribution in [0.4, 0.5) is 0 Å². The van der Waals surface area contributed by atoms with E-state index in [4.69, 9.17) is 0 Å². The first-order valence-electron chi connectivity index (χ1n) is 6.73. The summed E-state index contributed by atoms with van der Waals surface area (Å²) in [5, 5.41) is 10.7. The number of aliphatic hydroxyl groups excluding tert-OH is 1. The van der Waals surface area contributed by atoms with Crippen molar-refractivity contribution in [1.82, 2.24) is 4.98 Å². The van der Waals surface area contributed by atoms with Gasteiger partial charge in [-0.2, -0.15) is 0 Å². The first-order chi connectivity index (χ1) is 8.76. The number of aliphatic hydroxyl groups is 1. The van der Waals surface area contributed by atoms with Gasteiger partial charge in [0.1, 0.15) is 4.60 Å². The van der Waals surface area contributed by atoms with Crippen LogP contribution in [0.1, 0.15) is 24.5 Å². The maximum absolute atomic E-state index is 10.7. The van der Waals surface area contributed by atoms with Crippen LogP contribution < -0.4 is 0 Å². The Morgan fingerprint density at radius 2 is 2.16 bits per heavy atom. The highest BCUT2D eigenvalue weighted by molar-refractivity contribution is 9.10. The van der Waals surface area contributed by atoms with Gasteiger partial charge in [0.2, 0.25) is 0 Å². The van der Waals surface area contributed by atoms with Crippen molar-refractivity contribution in [2.75, 3.05) is 0 Å². The van der Waals surface area contributed by atoms with Gasteiger partial charge in [0.05, 0.1) is 6.10 Å². The predicted molar refractivity (Wildman–Crippen MR) is 85.9 cm³/mol. The van der Waals surface area contributed by atoms with Crippen LogP contribution in [-0.4, -0.2) is 18.2 Å². The van der Waals surface area contributed by atoms with Gasteiger partial charge < -0.3 is 5.11 Å². The number of nitrogens with zero attached hydrogens (tertiary/aromatic N) is 1. The second-order valence-corrected chi connectivity index (χ2v) is 13.2. The van der Waals surface area contributed by atoms with Crippen molar-refractivity contribution in [3.05, 3.63) is 40.6 Å². The van der Waals surface area contributed by atoms with Gasteiger partial charge in [0, 0.05) is 25.2 Å². The number of pyridine rings is 1. The molecule has 0 unspecified atom stereocenters. The minimum absolute atomic E-state index is 0.105. The molecule has 1 heterocycles. The lowest BCUT2D eigenvalue weighted by Gasteiger charge is -2.26. The molecular formula is C15H22BrNOSi. The third-order valence-corrected chi connectivity index (χ3v) is 6.45. The molecule has 4 heteroatoms. The molecule has 0 saturated heterocycles. The normalized spacial score (nSPS) is 24.4. The Balaban J connectivity index is 2.19. The number of hydrogen-bond donors (Lipinski definition) is 1. The summed E-state index contributed by atoms with van der Waals surface area (Å²) in [7, 11) is -1.10. The molecule has 2 atom stereocenters. The molecule has 2 rings (SSSR count). The summed E-state index contributed by atoms with van der Waals surface area (Å²) in [6, 6.07) is 5.05. The standard InChI is InChI=1S/C15H22BrNOSi/c1-11-10-15(11,7-9-19(2,3)4)13(18)12-6-5-8-17-14(12)16/h5-6,8,13,18H,1,7,9-10H2,2-4H3/t13-,15+/m1/s1. The van der Waals surface area contributed by atoms with E-state index in [1.165, 1.54) is 11.6 Å². The van der Waals surface area contributed by atoms with E-state index < -0.39 is 14.2 Å². The van der Waals surface area contributed by atoms with E-state index in [0.29, 0.717) is 0 Å². The summed E-state index contributed by atoms with van der Waals surface area (Å²) in [6.07, 6.45) is 3.24. The van der Waals surface area contributed by atoms with Crippen LogP contribution in [0, 0.1) is 5.41 Å². The molecule has 1 aliphatic rings. The second kappa shape index (κ2) is 5.15. The smallest absolute Gasteiger partial charge is 0.111 e. The van der Waals surface area contributed by atoms with E-state index in [-0.39, 0.29) is 5.41 Å². The fraction of sp³-hybridized carbons (Fsp3) is 0.533. The van der Waals surface area contributed by atoms with Crippen LogP contribution in [0.3, 0.4) is 0 Å². The van der Waals surface area contributed by atoms with Crippen LogP contribution in [-0.2, 0) is 0 Å². The van der Waals surface area contributed by atoms with E-state index >= 15 is 0 Å². The Hall–Kier alpha value is -0.453. The third kappa shape index (κ3) is 3.18. The van der Waals surface area contributed by atoms with Crippen molar-refractivity contribution in [3.8, 4) is 0 Å². The summed E-state index contributed by atoms with van der Waals surface area (Å²) in [5.74, 6) is 0. The lowest BCUT2D eigenvalue weighted by atomic mass is 9.90. The molecule has 19 heavy (non-hydrogen) atoms. The van der Waals surface area contributed by atoms with E-state index in [9.17, 15) is 5.11 Å². The second-order valence-electron chi connectivity index (χ2n) is 6.78. The lowest BCUT2D eigenvalue weighted by Crippen LogP contribution is -2.24. The Bertz CT molecular complexity index is 497. The Kier molecular flexibility index (Phi) is 4.05. The summed E-state index contributed by atoms with van der Waals surface area (Å²) in [4.78, 5) is 4.21. The summed E-state index contributed by atoms with van der Waals surface area (Å²) in [5.41, 5.74) is 1.97. The lowest BCUT2D eigenvalue weighted by molar-refractivity contribution is 0.0971. The molecule has 0 bridgehead atoms. The molecule has 0 aromatic carbocycles. The fourth-order valence-corrected chi connectivity index (χ4v) is 4.19. The number of aromatic nitrogens is 1. The predicted octanol–water partition coefficient (Wildman–Crippen LogP) is 4.55. The van der Waals surface area contributed by atoms with E-state index in [1.807, 2.05) is 12.1 Å². The molecule has 104 valence electrons. The quantitative estimate of drug-likeness (QED) is 0.484. The highest BCUT2D eigenvalue weighted by atomic mass is 79.9. The maximum atomic E-state index is 10.7. The minimum Gasteiger partial charge on any atom is -0.387 e. The molecule has 1 aromatic heterocycles. The van der Waals surface area contributed by atoms with Crippen molar-refractivity contribution in [2.24, 2.45) is 5.41 Å². The van der Waals surface area contributed by atoms with Gasteiger partial charge in [0.15, 0.2) is 0 Å². The fourth-order valence-electron chi connectivity index (χ4n) is 2.53. The highest BCUT2D eigenvalue weighted by Gasteiger charge is 2.53. The SMILES string of the molecule is C=C1C[C@]1(CC[Si](C)(C)C)[C@H](O)c1cccnc1Br.